The monoisotopic (exact) mass is 378 g/mol. The Hall–Kier alpha value is -2.18. The summed E-state index contributed by atoms with van der Waals surface area (Å²) in [5.41, 5.74) is 4.58. The van der Waals surface area contributed by atoms with Crippen molar-refractivity contribution in [3.63, 3.8) is 0 Å². The van der Waals surface area contributed by atoms with Gasteiger partial charge >= 0.3 is 6.09 Å². The van der Waals surface area contributed by atoms with Crippen molar-refractivity contribution in [1.82, 2.24) is 9.97 Å². The average molecular weight is 379 g/mol. The Labute approximate surface area is 162 Å². The van der Waals surface area contributed by atoms with Gasteiger partial charge in [0, 0.05) is 18.4 Å². The zero-order chi connectivity index (χ0) is 20.8. The van der Waals surface area contributed by atoms with E-state index < -0.39 is 17.1 Å². The van der Waals surface area contributed by atoms with Crippen LogP contribution in [0.4, 0.5) is 10.6 Å². The number of rotatable bonds is 1. The van der Waals surface area contributed by atoms with E-state index >= 15 is 0 Å². The fourth-order valence-corrected chi connectivity index (χ4v) is 2.73. The van der Waals surface area contributed by atoms with Gasteiger partial charge in [-0.2, -0.15) is 0 Å². The third kappa shape index (κ3) is 5.91. The van der Waals surface area contributed by atoms with Crippen molar-refractivity contribution in [3.8, 4) is 0 Å². The molecule has 0 aromatic carbocycles. The first kappa shape index (κ1) is 22.9. The number of nitrogens with two attached hydrogens (primary N) is 1. The molecule has 0 unspecified atom stereocenters. The number of fused-ring (bicyclic) bond motifs is 1. The van der Waals surface area contributed by atoms with E-state index in [-0.39, 0.29) is 5.91 Å². The van der Waals surface area contributed by atoms with Crippen LogP contribution in [-0.2, 0) is 14.9 Å². The fourth-order valence-electron chi connectivity index (χ4n) is 2.73. The zero-order valence-corrected chi connectivity index (χ0v) is 17.7. The van der Waals surface area contributed by atoms with E-state index in [2.05, 4.69) is 28.6 Å². The topological polar surface area (TPSA) is 98.4 Å². The maximum Gasteiger partial charge on any atom is 0.405 e. The highest BCUT2D eigenvalue weighted by Crippen LogP contribution is 2.42. The lowest BCUT2D eigenvalue weighted by Gasteiger charge is -2.35. The van der Waals surface area contributed by atoms with Crippen LogP contribution in [0, 0.1) is 0 Å². The minimum Gasteiger partial charge on any atom is -0.444 e. The molecule has 1 aromatic heterocycles. The van der Waals surface area contributed by atoms with Gasteiger partial charge < -0.3 is 10.5 Å². The molecule has 0 bridgehead atoms. The van der Waals surface area contributed by atoms with Crippen molar-refractivity contribution in [2.75, 3.05) is 4.90 Å². The third-order valence-electron chi connectivity index (χ3n) is 4.10. The van der Waals surface area contributed by atoms with Crippen molar-refractivity contribution >= 4 is 17.8 Å². The molecule has 0 spiro atoms. The van der Waals surface area contributed by atoms with Gasteiger partial charge in [0.05, 0.1) is 11.1 Å². The van der Waals surface area contributed by atoms with E-state index in [0.29, 0.717) is 6.04 Å². The summed E-state index contributed by atoms with van der Waals surface area (Å²) in [6.45, 7) is 13.4. The Morgan fingerprint density at radius 3 is 2.15 bits per heavy atom. The first-order valence-corrected chi connectivity index (χ1v) is 9.59. The van der Waals surface area contributed by atoms with Gasteiger partial charge in [0.2, 0.25) is 5.91 Å². The molecule has 2 heterocycles. The SMILES string of the molecule is CC(C)(C)OC(N)=O.CC1(C)C(=O)N(C2CCC2)c2nccnc21.CCC. The summed E-state index contributed by atoms with van der Waals surface area (Å²) in [7, 11) is 0. The van der Waals surface area contributed by atoms with E-state index in [9.17, 15) is 9.59 Å². The van der Waals surface area contributed by atoms with Crippen molar-refractivity contribution in [2.24, 2.45) is 5.73 Å². The smallest absolute Gasteiger partial charge is 0.405 e. The van der Waals surface area contributed by atoms with E-state index in [4.69, 9.17) is 5.73 Å². The highest BCUT2D eigenvalue weighted by atomic mass is 16.6. The second kappa shape index (κ2) is 9.15. The molecule has 2 aliphatic rings. The molecule has 3 rings (SSSR count). The van der Waals surface area contributed by atoms with E-state index in [0.717, 1.165) is 24.4 Å². The first-order chi connectivity index (χ1) is 12.5. The fraction of sp³-hybridized carbons (Fsp3) is 0.700. The van der Waals surface area contributed by atoms with Crippen molar-refractivity contribution < 1.29 is 14.3 Å². The van der Waals surface area contributed by atoms with Crippen LogP contribution < -0.4 is 10.6 Å². The van der Waals surface area contributed by atoms with Gasteiger partial charge in [-0.15, -0.1) is 0 Å². The largest absolute Gasteiger partial charge is 0.444 e. The molecular weight excluding hydrogens is 344 g/mol. The summed E-state index contributed by atoms with van der Waals surface area (Å²) in [4.78, 5) is 32.9. The Bertz CT molecular complexity index is 649. The molecule has 27 heavy (non-hydrogen) atoms. The van der Waals surface area contributed by atoms with Gasteiger partial charge in [0.1, 0.15) is 5.60 Å². The average Bonchev–Trinajstić information content (AvgIpc) is 2.67. The van der Waals surface area contributed by atoms with Crippen LogP contribution in [0.3, 0.4) is 0 Å². The summed E-state index contributed by atoms with van der Waals surface area (Å²) in [5, 5.41) is 0. The molecule has 0 atom stereocenters. The maximum absolute atomic E-state index is 12.4. The molecule has 7 heteroatoms. The van der Waals surface area contributed by atoms with Crippen molar-refractivity contribution in [1.29, 1.82) is 0 Å². The van der Waals surface area contributed by atoms with Crippen LogP contribution in [0.1, 0.15) is 79.8 Å². The minimum atomic E-state index is -0.725. The molecule has 1 aliphatic carbocycles. The van der Waals surface area contributed by atoms with E-state index in [1.807, 2.05) is 18.7 Å². The molecule has 0 saturated heterocycles. The number of ether oxygens (including phenoxy) is 1. The summed E-state index contributed by atoms with van der Waals surface area (Å²) in [6.07, 6.45) is 7.26. The molecule has 2 amide bonds. The van der Waals surface area contributed by atoms with Gasteiger partial charge in [0.25, 0.3) is 0 Å². The number of aromatic nitrogens is 2. The summed E-state index contributed by atoms with van der Waals surface area (Å²) < 4.78 is 4.58. The number of carbonyl (C=O) groups is 2. The number of hydrogen-bond acceptors (Lipinski definition) is 5. The van der Waals surface area contributed by atoms with Crippen LogP contribution in [0.2, 0.25) is 0 Å². The molecule has 1 fully saturated rings. The van der Waals surface area contributed by atoms with Crippen molar-refractivity contribution in [3.05, 3.63) is 18.1 Å². The minimum absolute atomic E-state index is 0.151. The molecule has 1 aliphatic heterocycles. The highest BCUT2D eigenvalue weighted by molar-refractivity contribution is 6.06. The van der Waals surface area contributed by atoms with E-state index in [1.54, 1.807) is 33.2 Å². The number of primary amides is 1. The molecule has 152 valence electrons. The highest BCUT2D eigenvalue weighted by Gasteiger charge is 2.49. The predicted molar refractivity (Wildman–Crippen MR) is 107 cm³/mol. The molecule has 7 nitrogen and oxygen atoms in total. The lowest BCUT2D eigenvalue weighted by Crippen LogP contribution is -2.46. The summed E-state index contributed by atoms with van der Waals surface area (Å²) in [6, 6.07) is 0.352. The number of amides is 2. The standard InChI is InChI=1S/C12H15N3O.C5H11NO2.C3H8/c1-12(2)9-10(14-7-6-13-9)15(11(12)16)8-4-3-5-8;1-5(2,3)8-4(6)7;1-3-2/h6-8H,3-5H2,1-2H3;1-3H3,(H2,6,7);3H2,1-2H3. The number of carbonyl (C=O) groups excluding carboxylic acids is 2. The van der Waals surface area contributed by atoms with Gasteiger partial charge in [0.15, 0.2) is 5.82 Å². The third-order valence-corrected chi connectivity index (χ3v) is 4.10. The molecule has 1 aromatic rings. The Balaban J connectivity index is 0.000000282. The zero-order valence-electron chi connectivity index (χ0n) is 17.7. The molecule has 0 radical (unpaired) electrons. The summed E-state index contributed by atoms with van der Waals surface area (Å²) >= 11 is 0. The lowest BCUT2D eigenvalue weighted by molar-refractivity contribution is -0.123. The lowest BCUT2D eigenvalue weighted by atomic mass is 9.89. The maximum atomic E-state index is 12.4. The number of nitrogens with zero attached hydrogens (tertiary/aromatic N) is 3. The quantitative estimate of drug-likeness (QED) is 0.798. The van der Waals surface area contributed by atoms with Gasteiger partial charge in [-0.25, -0.2) is 9.78 Å². The van der Waals surface area contributed by atoms with Crippen LogP contribution in [0.25, 0.3) is 0 Å². The normalized spacial score (nSPS) is 17.6. The summed E-state index contributed by atoms with van der Waals surface area (Å²) in [5.74, 6) is 0.931. The Morgan fingerprint density at radius 1 is 1.26 bits per heavy atom. The van der Waals surface area contributed by atoms with Gasteiger partial charge in [-0.1, -0.05) is 20.3 Å². The van der Waals surface area contributed by atoms with Crippen LogP contribution >= 0.6 is 0 Å². The van der Waals surface area contributed by atoms with Crippen LogP contribution in [0.15, 0.2) is 12.4 Å². The van der Waals surface area contributed by atoms with Crippen molar-refractivity contribution in [2.45, 2.75) is 91.2 Å². The second-order valence-corrected chi connectivity index (χ2v) is 8.35. The van der Waals surface area contributed by atoms with Gasteiger partial charge in [-0.05, 0) is 53.9 Å². The second-order valence-electron chi connectivity index (χ2n) is 8.35. The van der Waals surface area contributed by atoms with Gasteiger partial charge in [-0.3, -0.25) is 14.7 Å². The predicted octanol–water partition coefficient (Wildman–Crippen LogP) is 3.95. The Morgan fingerprint density at radius 2 is 1.78 bits per heavy atom. The number of anilines is 1. The first-order valence-electron chi connectivity index (χ1n) is 9.59. The van der Waals surface area contributed by atoms with E-state index in [1.165, 1.54) is 12.8 Å². The number of hydrogen-bond donors (Lipinski definition) is 1. The Kier molecular flexibility index (Phi) is 7.75. The van der Waals surface area contributed by atoms with Crippen LogP contribution in [0.5, 0.6) is 0 Å². The molecule has 2 N–H and O–H groups in total. The molecule has 1 saturated carbocycles. The molecular formula is C20H34N4O3. The van der Waals surface area contributed by atoms with Crippen LogP contribution in [-0.4, -0.2) is 33.6 Å².